The number of nitrogens with one attached hydrogen (secondary N) is 1. The van der Waals surface area contributed by atoms with E-state index >= 15 is 0 Å². The van der Waals surface area contributed by atoms with E-state index in [2.05, 4.69) is 5.32 Å². The summed E-state index contributed by atoms with van der Waals surface area (Å²) < 4.78 is 0. The number of hydrogen-bond acceptors (Lipinski definition) is 5. The van der Waals surface area contributed by atoms with Crippen LogP contribution in [0.15, 0.2) is 29.8 Å². The number of aliphatic hydroxyl groups is 1. The zero-order valence-corrected chi connectivity index (χ0v) is 13.7. The minimum atomic E-state index is -0.471. The predicted molar refractivity (Wildman–Crippen MR) is 88.5 cm³/mol. The van der Waals surface area contributed by atoms with Gasteiger partial charge in [0.25, 0.3) is 5.91 Å². The van der Waals surface area contributed by atoms with Gasteiger partial charge in [-0.3, -0.25) is 9.69 Å². The summed E-state index contributed by atoms with van der Waals surface area (Å²) in [6.45, 7) is 4.74. The van der Waals surface area contributed by atoms with Crippen molar-refractivity contribution >= 4 is 12.0 Å². The van der Waals surface area contributed by atoms with Gasteiger partial charge in [0.15, 0.2) is 0 Å². The number of likely N-dealkylation sites (N-methyl/N-ethyl adjacent to an activating group) is 1. The van der Waals surface area contributed by atoms with Crippen molar-refractivity contribution in [3.05, 3.63) is 35.4 Å². The Morgan fingerprint density at radius 1 is 1.48 bits per heavy atom. The van der Waals surface area contributed by atoms with Crippen molar-refractivity contribution in [1.29, 1.82) is 5.26 Å². The highest BCUT2D eigenvalue weighted by Gasteiger charge is 2.24. The predicted octanol–water partition coefficient (Wildman–Crippen LogP) is 1.12. The normalized spacial score (nSPS) is 12.1. The van der Waals surface area contributed by atoms with Crippen LogP contribution in [0.3, 0.4) is 0 Å². The molecule has 0 unspecified atom stereocenters. The summed E-state index contributed by atoms with van der Waals surface area (Å²) in [7, 11) is 1.86. The van der Waals surface area contributed by atoms with Crippen molar-refractivity contribution in [3.8, 4) is 11.8 Å². The molecule has 1 aromatic rings. The SMILES string of the molecule is CN(CCO)C(C)(C)CNC(=O)/C(C#N)=C/c1cccc(O)c1. The summed E-state index contributed by atoms with van der Waals surface area (Å²) in [5.41, 5.74) is 0.189. The summed E-state index contributed by atoms with van der Waals surface area (Å²) >= 11 is 0. The topological polar surface area (TPSA) is 96.6 Å². The van der Waals surface area contributed by atoms with Crippen LogP contribution in [-0.4, -0.2) is 53.3 Å². The van der Waals surface area contributed by atoms with Crippen LogP contribution < -0.4 is 5.32 Å². The molecule has 0 atom stereocenters. The Balaban J connectivity index is 2.77. The van der Waals surface area contributed by atoms with Crippen LogP contribution >= 0.6 is 0 Å². The Kier molecular flexibility index (Phi) is 6.76. The van der Waals surface area contributed by atoms with Gasteiger partial charge in [0.2, 0.25) is 0 Å². The average molecular weight is 317 g/mol. The van der Waals surface area contributed by atoms with Gasteiger partial charge in [-0.1, -0.05) is 12.1 Å². The molecule has 0 bridgehead atoms. The zero-order valence-electron chi connectivity index (χ0n) is 13.7. The van der Waals surface area contributed by atoms with Gasteiger partial charge in [0.05, 0.1) is 6.61 Å². The number of rotatable bonds is 7. The number of aromatic hydroxyl groups is 1. The highest BCUT2D eigenvalue weighted by molar-refractivity contribution is 6.01. The van der Waals surface area contributed by atoms with Crippen LogP contribution in [0.2, 0.25) is 0 Å². The van der Waals surface area contributed by atoms with Gasteiger partial charge in [-0.25, -0.2) is 0 Å². The van der Waals surface area contributed by atoms with E-state index in [1.807, 2.05) is 31.9 Å². The van der Waals surface area contributed by atoms with E-state index in [9.17, 15) is 9.90 Å². The van der Waals surface area contributed by atoms with Gasteiger partial charge in [0, 0.05) is 18.6 Å². The molecule has 124 valence electrons. The third kappa shape index (κ3) is 5.74. The summed E-state index contributed by atoms with van der Waals surface area (Å²) in [4.78, 5) is 14.1. The number of benzene rings is 1. The second-order valence-corrected chi connectivity index (χ2v) is 5.91. The second-order valence-electron chi connectivity index (χ2n) is 5.91. The molecular formula is C17H23N3O3. The van der Waals surface area contributed by atoms with Crippen molar-refractivity contribution in [3.63, 3.8) is 0 Å². The number of nitrogens with zero attached hydrogens (tertiary/aromatic N) is 2. The van der Waals surface area contributed by atoms with Crippen molar-refractivity contribution in [2.24, 2.45) is 0 Å². The maximum Gasteiger partial charge on any atom is 0.262 e. The van der Waals surface area contributed by atoms with Gasteiger partial charge in [-0.15, -0.1) is 0 Å². The molecule has 0 spiro atoms. The molecular weight excluding hydrogens is 294 g/mol. The Labute approximate surface area is 136 Å². The summed E-state index contributed by atoms with van der Waals surface area (Å²) in [6, 6.07) is 8.20. The van der Waals surface area contributed by atoms with Crippen LogP contribution in [0, 0.1) is 11.3 Å². The van der Waals surface area contributed by atoms with Crippen molar-refractivity contribution in [2.75, 3.05) is 26.7 Å². The lowest BCUT2D eigenvalue weighted by Gasteiger charge is -2.35. The van der Waals surface area contributed by atoms with E-state index in [-0.39, 0.29) is 23.5 Å². The molecule has 1 amide bonds. The molecule has 1 aromatic carbocycles. The third-order valence-corrected chi connectivity index (χ3v) is 3.70. The average Bonchev–Trinajstić information content (AvgIpc) is 2.50. The Bertz CT molecular complexity index is 618. The van der Waals surface area contributed by atoms with Gasteiger partial charge >= 0.3 is 0 Å². The molecule has 0 aliphatic carbocycles. The number of hydrogen-bond donors (Lipinski definition) is 3. The largest absolute Gasteiger partial charge is 0.508 e. The molecule has 6 nitrogen and oxygen atoms in total. The van der Waals surface area contributed by atoms with E-state index in [0.717, 1.165) is 0 Å². The third-order valence-electron chi connectivity index (χ3n) is 3.70. The van der Waals surface area contributed by atoms with Crippen molar-refractivity contribution < 1.29 is 15.0 Å². The number of carbonyl (C=O) groups excluding carboxylic acids is 1. The summed E-state index contributed by atoms with van der Waals surface area (Å²) in [5, 5.41) is 30.3. The molecule has 0 fully saturated rings. The molecule has 0 saturated heterocycles. The van der Waals surface area contributed by atoms with E-state index in [4.69, 9.17) is 10.4 Å². The van der Waals surface area contributed by atoms with Crippen molar-refractivity contribution in [1.82, 2.24) is 10.2 Å². The first kappa shape index (κ1) is 18.7. The molecule has 0 heterocycles. The van der Waals surface area contributed by atoms with Gasteiger partial charge < -0.3 is 15.5 Å². The minimum Gasteiger partial charge on any atom is -0.508 e. The van der Waals surface area contributed by atoms with Gasteiger partial charge in [-0.2, -0.15) is 5.26 Å². The molecule has 0 aliphatic rings. The molecule has 0 saturated carbocycles. The van der Waals surface area contributed by atoms with Crippen LogP contribution in [0.1, 0.15) is 19.4 Å². The molecule has 23 heavy (non-hydrogen) atoms. The zero-order chi connectivity index (χ0) is 17.5. The molecule has 0 aliphatic heterocycles. The fourth-order valence-corrected chi connectivity index (χ4v) is 1.91. The highest BCUT2D eigenvalue weighted by atomic mass is 16.3. The second kappa shape index (κ2) is 8.32. The lowest BCUT2D eigenvalue weighted by Crippen LogP contribution is -2.50. The Morgan fingerprint density at radius 3 is 2.74 bits per heavy atom. The molecule has 3 N–H and O–H groups in total. The molecule has 0 aromatic heterocycles. The Morgan fingerprint density at radius 2 is 2.17 bits per heavy atom. The van der Waals surface area contributed by atoms with Gasteiger partial charge in [0.1, 0.15) is 17.4 Å². The van der Waals surface area contributed by atoms with E-state index in [0.29, 0.717) is 18.7 Å². The molecule has 1 rings (SSSR count). The smallest absolute Gasteiger partial charge is 0.262 e. The number of aliphatic hydroxyl groups excluding tert-OH is 1. The maximum absolute atomic E-state index is 12.2. The van der Waals surface area contributed by atoms with E-state index < -0.39 is 5.91 Å². The number of amides is 1. The minimum absolute atomic E-state index is 0.0313. The Hall–Kier alpha value is -2.36. The van der Waals surface area contributed by atoms with Crippen LogP contribution in [0.5, 0.6) is 5.75 Å². The number of phenols is 1. The maximum atomic E-state index is 12.2. The fourth-order valence-electron chi connectivity index (χ4n) is 1.91. The first-order chi connectivity index (χ1) is 10.8. The number of β-amino-alcohol motifs (C(OH)–C–C–N with tert-alkyl or cyclic N) is 1. The number of phenolic OH excluding ortho intramolecular Hbond substituents is 1. The van der Waals surface area contributed by atoms with Gasteiger partial charge in [-0.05, 0) is 44.7 Å². The lowest BCUT2D eigenvalue weighted by molar-refractivity contribution is -0.117. The van der Waals surface area contributed by atoms with Crippen LogP contribution in [0.25, 0.3) is 6.08 Å². The fraction of sp³-hybridized carbons (Fsp3) is 0.412. The lowest BCUT2D eigenvalue weighted by atomic mass is 10.0. The first-order valence-corrected chi connectivity index (χ1v) is 7.31. The quantitative estimate of drug-likeness (QED) is 0.517. The number of carbonyl (C=O) groups is 1. The van der Waals surface area contributed by atoms with Crippen molar-refractivity contribution in [2.45, 2.75) is 19.4 Å². The van der Waals surface area contributed by atoms with Crippen LogP contribution in [-0.2, 0) is 4.79 Å². The summed E-state index contributed by atoms with van der Waals surface area (Å²) in [6.07, 6.45) is 1.43. The first-order valence-electron chi connectivity index (χ1n) is 7.31. The molecule has 6 heteroatoms. The number of nitriles is 1. The van der Waals surface area contributed by atoms with E-state index in [1.54, 1.807) is 12.1 Å². The summed E-state index contributed by atoms with van der Waals surface area (Å²) in [5.74, 6) is -0.399. The highest BCUT2D eigenvalue weighted by Crippen LogP contribution is 2.15. The standard InChI is InChI=1S/C17H23N3O3/c1-17(2,20(3)7-8-21)12-19-16(23)14(11-18)9-13-5-4-6-15(22)10-13/h4-6,9-10,21-22H,7-8,12H2,1-3H3,(H,19,23)/b14-9+. The van der Waals surface area contributed by atoms with E-state index in [1.165, 1.54) is 18.2 Å². The monoisotopic (exact) mass is 317 g/mol. The molecule has 0 radical (unpaired) electrons. The van der Waals surface area contributed by atoms with Crippen LogP contribution in [0.4, 0.5) is 0 Å².